The summed E-state index contributed by atoms with van der Waals surface area (Å²) < 4.78 is 12.3. The van der Waals surface area contributed by atoms with Gasteiger partial charge in [-0.1, -0.05) is 6.07 Å². The van der Waals surface area contributed by atoms with Gasteiger partial charge in [0, 0.05) is 28.3 Å². The van der Waals surface area contributed by atoms with Gasteiger partial charge in [0.1, 0.15) is 11.5 Å². The molecule has 3 rings (SSSR count). The second-order valence-electron chi connectivity index (χ2n) is 3.78. The van der Waals surface area contributed by atoms with Crippen LogP contribution < -0.4 is 9.47 Å². The van der Waals surface area contributed by atoms with Crippen molar-refractivity contribution in [3.63, 3.8) is 0 Å². The first-order chi connectivity index (χ1) is 8.31. The lowest BCUT2D eigenvalue weighted by Gasteiger charge is -2.06. The van der Waals surface area contributed by atoms with Gasteiger partial charge in [0.05, 0.1) is 6.61 Å². The molecule has 2 heterocycles. The molecule has 0 aliphatic carbocycles. The van der Waals surface area contributed by atoms with Crippen molar-refractivity contribution in [3.05, 3.63) is 45.7 Å². The Balaban J connectivity index is 1.86. The first-order valence-electron chi connectivity index (χ1n) is 5.36. The SMILES string of the molecule is Ic1ccnc(Oc2ccc3c(c2)OCC3)c1. The normalized spacial score (nSPS) is 13.0. The van der Waals surface area contributed by atoms with E-state index in [1.54, 1.807) is 6.20 Å². The molecule has 0 fully saturated rings. The molecule has 0 radical (unpaired) electrons. The summed E-state index contributed by atoms with van der Waals surface area (Å²) in [7, 11) is 0. The van der Waals surface area contributed by atoms with Crippen LogP contribution in [0.2, 0.25) is 0 Å². The number of rotatable bonds is 2. The van der Waals surface area contributed by atoms with Crippen LogP contribution in [0.25, 0.3) is 0 Å². The summed E-state index contributed by atoms with van der Waals surface area (Å²) in [5, 5.41) is 0. The van der Waals surface area contributed by atoms with Crippen LogP contribution in [-0.2, 0) is 6.42 Å². The Morgan fingerprint density at radius 2 is 2.18 bits per heavy atom. The molecular formula is C13H10INO2. The van der Waals surface area contributed by atoms with E-state index in [-0.39, 0.29) is 0 Å². The molecule has 3 nitrogen and oxygen atoms in total. The molecule has 1 aromatic heterocycles. The molecule has 0 bridgehead atoms. The highest BCUT2D eigenvalue weighted by Crippen LogP contribution is 2.31. The Hall–Kier alpha value is -1.30. The average Bonchev–Trinajstić information content (AvgIpc) is 2.76. The Bertz CT molecular complexity index is 557. The van der Waals surface area contributed by atoms with Gasteiger partial charge in [-0.25, -0.2) is 4.98 Å². The van der Waals surface area contributed by atoms with Gasteiger partial charge in [0.2, 0.25) is 5.88 Å². The van der Waals surface area contributed by atoms with E-state index in [4.69, 9.17) is 9.47 Å². The molecular weight excluding hydrogens is 329 g/mol. The van der Waals surface area contributed by atoms with E-state index < -0.39 is 0 Å². The van der Waals surface area contributed by atoms with Crippen LogP contribution in [0.4, 0.5) is 0 Å². The number of hydrogen-bond donors (Lipinski definition) is 0. The van der Waals surface area contributed by atoms with Crippen molar-refractivity contribution in [2.24, 2.45) is 0 Å². The maximum absolute atomic E-state index is 5.69. The predicted molar refractivity (Wildman–Crippen MR) is 72.7 cm³/mol. The number of halogens is 1. The number of benzene rings is 1. The van der Waals surface area contributed by atoms with Gasteiger partial charge in [-0.2, -0.15) is 0 Å². The van der Waals surface area contributed by atoms with Gasteiger partial charge in [-0.3, -0.25) is 0 Å². The summed E-state index contributed by atoms with van der Waals surface area (Å²) >= 11 is 2.23. The zero-order valence-corrected chi connectivity index (χ0v) is 11.2. The van der Waals surface area contributed by atoms with Crippen molar-refractivity contribution >= 4 is 22.6 Å². The van der Waals surface area contributed by atoms with E-state index in [1.165, 1.54) is 5.56 Å². The molecule has 2 aromatic rings. The molecule has 17 heavy (non-hydrogen) atoms. The summed E-state index contributed by atoms with van der Waals surface area (Å²) in [5.41, 5.74) is 1.24. The number of nitrogens with zero attached hydrogens (tertiary/aromatic N) is 1. The third-order valence-corrected chi connectivity index (χ3v) is 3.26. The monoisotopic (exact) mass is 339 g/mol. The molecule has 0 amide bonds. The standard InChI is InChI=1S/C13H10INO2/c14-10-3-5-15-13(7-10)17-11-2-1-9-4-6-16-12(9)8-11/h1-3,5,7-8H,4,6H2. The van der Waals surface area contributed by atoms with E-state index in [2.05, 4.69) is 27.6 Å². The molecule has 0 saturated carbocycles. The molecule has 0 atom stereocenters. The minimum atomic E-state index is 0.606. The van der Waals surface area contributed by atoms with E-state index in [0.29, 0.717) is 5.88 Å². The summed E-state index contributed by atoms with van der Waals surface area (Å²) in [6, 6.07) is 9.75. The predicted octanol–water partition coefficient (Wildman–Crippen LogP) is 3.41. The quantitative estimate of drug-likeness (QED) is 0.786. The molecule has 86 valence electrons. The highest BCUT2D eigenvalue weighted by molar-refractivity contribution is 14.1. The largest absolute Gasteiger partial charge is 0.493 e. The highest BCUT2D eigenvalue weighted by atomic mass is 127. The van der Waals surface area contributed by atoms with E-state index in [0.717, 1.165) is 28.1 Å². The summed E-state index contributed by atoms with van der Waals surface area (Å²) in [6.45, 7) is 0.764. The zero-order chi connectivity index (χ0) is 11.7. The molecule has 4 heteroatoms. The van der Waals surface area contributed by atoms with Crippen LogP contribution in [0.15, 0.2) is 36.5 Å². The fourth-order valence-electron chi connectivity index (χ4n) is 1.77. The number of ether oxygens (including phenoxy) is 2. The molecule has 1 aromatic carbocycles. The number of pyridine rings is 1. The number of fused-ring (bicyclic) bond motifs is 1. The van der Waals surface area contributed by atoms with E-state index in [9.17, 15) is 0 Å². The molecule has 1 aliphatic heterocycles. The average molecular weight is 339 g/mol. The van der Waals surface area contributed by atoms with Crippen molar-refractivity contribution in [1.82, 2.24) is 4.98 Å². The van der Waals surface area contributed by atoms with Crippen molar-refractivity contribution in [2.45, 2.75) is 6.42 Å². The minimum Gasteiger partial charge on any atom is -0.493 e. The van der Waals surface area contributed by atoms with Crippen molar-refractivity contribution in [1.29, 1.82) is 0 Å². The van der Waals surface area contributed by atoms with E-state index >= 15 is 0 Å². The molecule has 0 unspecified atom stereocenters. The van der Waals surface area contributed by atoms with Gasteiger partial charge in [-0.15, -0.1) is 0 Å². The van der Waals surface area contributed by atoms with Crippen LogP contribution in [0, 0.1) is 3.57 Å². The third-order valence-electron chi connectivity index (χ3n) is 2.59. The number of aromatic nitrogens is 1. The Morgan fingerprint density at radius 1 is 1.24 bits per heavy atom. The Kier molecular flexibility index (Phi) is 2.88. The molecule has 0 saturated heterocycles. The van der Waals surface area contributed by atoms with Crippen molar-refractivity contribution in [3.8, 4) is 17.4 Å². The van der Waals surface area contributed by atoms with Gasteiger partial charge in [0.25, 0.3) is 0 Å². The second-order valence-corrected chi connectivity index (χ2v) is 5.03. The van der Waals surface area contributed by atoms with Crippen LogP contribution in [0.5, 0.6) is 17.4 Å². The lowest BCUT2D eigenvalue weighted by atomic mass is 10.2. The van der Waals surface area contributed by atoms with Gasteiger partial charge >= 0.3 is 0 Å². The van der Waals surface area contributed by atoms with Gasteiger partial charge in [0.15, 0.2) is 0 Å². The first kappa shape index (κ1) is 10.8. The first-order valence-corrected chi connectivity index (χ1v) is 6.44. The van der Waals surface area contributed by atoms with Crippen LogP contribution in [0.3, 0.4) is 0 Å². The lowest BCUT2D eigenvalue weighted by molar-refractivity contribution is 0.354. The second kappa shape index (κ2) is 4.52. The van der Waals surface area contributed by atoms with Crippen molar-refractivity contribution < 1.29 is 9.47 Å². The number of hydrogen-bond acceptors (Lipinski definition) is 3. The summed E-state index contributed by atoms with van der Waals surface area (Å²) in [5.74, 6) is 2.29. The maximum atomic E-state index is 5.69. The van der Waals surface area contributed by atoms with Crippen LogP contribution in [-0.4, -0.2) is 11.6 Å². The minimum absolute atomic E-state index is 0.606. The van der Waals surface area contributed by atoms with E-state index in [1.807, 2.05) is 30.3 Å². The highest BCUT2D eigenvalue weighted by Gasteiger charge is 2.12. The maximum Gasteiger partial charge on any atom is 0.220 e. The van der Waals surface area contributed by atoms with Crippen LogP contribution >= 0.6 is 22.6 Å². The van der Waals surface area contributed by atoms with Gasteiger partial charge in [-0.05, 0) is 40.3 Å². The molecule has 0 spiro atoms. The molecule has 0 N–H and O–H groups in total. The summed E-state index contributed by atoms with van der Waals surface area (Å²) in [4.78, 5) is 4.16. The third kappa shape index (κ3) is 2.36. The molecule has 1 aliphatic rings. The Labute approximate surface area is 113 Å². The zero-order valence-electron chi connectivity index (χ0n) is 9.02. The topological polar surface area (TPSA) is 31.4 Å². The Morgan fingerprint density at radius 3 is 3.06 bits per heavy atom. The lowest BCUT2D eigenvalue weighted by Crippen LogP contribution is -1.89. The van der Waals surface area contributed by atoms with Crippen molar-refractivity contribution in [2.75, 3.05) is 6.61 Å². The van der Waals surface area contributed by atoms with Gasteiger partial charge < -0.3 is 9.47 Å². The fourth-order valence-corrected chi connectivity index (χ4v) is 2.20. The van der Waals surface area contributed by atoms with Crippen LogP contribution in [0.1, 0.15) is 5.56 Å². The summed E-state index contributed by atoms with van der Waals surface area (Å²) in [6.07, 6.45) is 2.72. The smallest absolute Gasteiger partial charge is 0.220 e. The fraction of sp³-hybridized carbons (Fsp3) is 0.154.